The molecule has 0 aliphatic carbocycles. The van der Waals surface area contributed by atoms with Gasteiger partial charge in [-0.1, -0.05) is 57.2 Å². The van der Waals surface area contributed by atoms with Crippen molar-refractivity contribution in [2.75, 3.05) is 0 Å². The van der Waals surface area contributed by atoms with Crippen molar-refractivity contribution >= 4 is 29.9 Å². The van der Waals surface area contributed by atoms with E-state index in [1.807, 2.05) is 51.1 Å². The van der Waals surface area contributed by atoms with E-state index in [1.165, 1.54) is 6.07 Å². The summed E-state index contributed by atoms with van der Waals surface area (Å²) in [6, 6.07) is 14.4. The Bertz CT molecular complexity index is 966. The summed E-state index contributed by atoms with van der Waals surface area (Å²) in [6.07, 6.45) is 0.627. The van der Waals surface area contributed by atoms with E-state index < -0.39 is 17.9 Å². The Morgan fingerprint density at radius 2 is 1.81 bits per heavy atom. The summed E-state index contributed by atoms with van der Waals surface area (Å²) in [5.74, 6) is -1.06. The van der Waals surface area contributed by atoms with Gasteiger partial charge in [-0.3, -0.25) is 15.0 Å². The molecule has 9 nitrogen and oxygen atoms in total. The highest BCUT2D eigenvalue weighted by molar-refractivity contribution is 5.87. The number of rotatable bonds is 9. The highest BCUT2D eigenvalue weighted by atomic mass is 16.5. The van der Waals surface area contributed by atoms with Gasteiger partial charge in [0.25, 0.3) is 0 Å². The van der Waals surface area contributed by atoms with Crippen molar-refractivity contribution in [3.63, 3.8) is 0 Å². The van der Waals surface area contributed by atoms with Crippen LogP contribution in [-0.4, -0.2) is 35.3 Å². The van der Waals surface area contributed by atoms with E-state index in [1.54, 1.807) is 18.2 Å². The fourth-order valence-electron chi connectivity index (χ4n) is 3.00. The lowest BCUT2D eigenvalue weighted by Crippen LogP contribution is -2.55. The number of ether oxygens (including phenoxy) is 1. The van der Waals surface area contributed by atoms with Crippen LogP contribution in [0.1, 0.15) is 32.8 Å². The number of carbonyl (C=O) groups is 3. The van der Waals surface area contributed by atoms with Crippen LogP contribution in [0, 0.1) is 5.41 Å². The third kappa shape index (κ3) is 7.75. The van der Waals surface area contributed by atoms with Crippen LogP contribution in [0.25, 0.3) is 0 Å². The molecule has 0 bridgehead atoms. The Labute approximate surface area is 187 Å². The average molecular weight is 440 g/mol. The number of carbonyl (C=O) groups excluding carboxylic acids is 3. The molecule has 5 N–H and O–H groups in total. The maximum Gasteiger partial charge on any atom is 0.336 e. The summed E-state index contributed by atoms with van der Waals surface area (Å²) < 4.78 is 5.54. The fourth-order valence-corrected chi connectivity index (χ4v) is 3.00. The summed E-state index contributed by atoms with van der Waals surface area (Å²) >= 11 is 0. The van der Waals surface area contributed by atoms with Crippen LogP contribution >= 0.6 is 0 Å². The van der Waals surface area contributed by atoms with Gasteiger partial charge in [0.2, 0.25) is 12.3 Å². The molecule has 9 heteroatoms. The van der Waals surface area contributed by atoms with Crippen LogP contribution in [0.15, 0.2) is 59.6 Å². The molecule has 0 aliphatic heterocycles. The second-order valence-electron chi connectivity index (χ2n) is 8.41. The number of nitrogens with zero attached hydrogens (tertiary/aromatic N) is 2. The molecule has 0 saturated heterocycles. The zero-order valence-electron chi connectivity index (χ0n) is 18.4. The van der Waals surface area contributed by atoms with E-state index in [4.69, 9.17) is 16.2 Å². The van der Waals surface area contributed by atoms with Crippen molar-refractivity contribution in [1.82, 2.24) is 10.4 Å². The minimum atomic E-state index is -1.09. The maximum absolute atomic E-state index is 13.2. The van der Waals surface area contributed by atoms with E-state index in [0.717, 1.165) is 10.6 Å². The van der Waals surface area contributed by atoms with Crippen LogP contribution in [0.3, 0.4) is 0 Å². The molecule has 170 valence electrons. The van der Waals surface area contributed by atoms with Crippen molar-refractivity contribution in [1.29, 1.82) is 0 Å². The Kier molecular flexibility index (Phi) is 8.34. The van der Waals surface area contributed by atoms with Gasteiger partial charge in [0, 0.05) is 18.9 Å². The van der Waals surface area contributed by atoms with Gasteiger partial charge in [0.15, 0.2) is 12.0 Å². The van der Waals surface area contributed by atoms with Gasteiger partial charge in [0.1, 0.15) is 5.75 Å². The third-order valence-electron chi connectivity index (χ3n) is 4.29. The lowest BCUT2D eigenvalue weighted by atomic mass is 9.91. The number of hydrogen-bond acceptors (Lipinski definition) is 5. The number of esters is 1. The lowest BCUT2D eigenvalue weighted by molar-refractivity contribution is -0.153. The topological polar surface area (TPSA) is 140 Å². The molecule has 0 unspecified atom stereocenters. The quantitative estimate of drug-likeness (QED) is 0.136. The van der Waals surface area contributed by atoms with E-state index in [9.17, 15) is 14.4 Å². The van der Waals surface area contributed by atoms with Crippen molar-refractivity contribution in [3.05, 3.63) is 60.2 Å². The molecule has 2 aromatic carbocycles. The van der Waals surface area contributed by atoms with Crippen molar-refractivity contribution in [2.45, 2.75) is 39.7 Å². The summed E-state index contributed by atoms with van der Waals surface area (Å²) in [5, 5.41) is 1.04. The first kappa shape index (κ1) is 24.4. The normalized spacial score (nSPS) is 11.7. The molecule has 0 heterocycles. The standard InChI is InChI=1S/C23H29N5O4/c1-23(2,3)14-20(30)28(26-15-29)19(12-16-8-5-4-6-9-16)21(31)32-18-11-7-10-17(13-18)27-22(24)25/h4-11,13,15,19H,12,14H2,1-3H3,(H,26,29)(H4,24,25,27)/t19-/m0/s1. The molecular weight excluding hydrogens is 410 g/mol. The number of aliphatic imine (C=N–C) groups is 1. The predicted octanol–water partition coefficient (Wildman–Crippen LogP) is 2.03. The van der Waals surface area contributed by atoms with Crippen molar-refractivity contribution in [3.8, 4) is 5.75 Å². The van der Waals surface area contributed by atoms with Crippen LogP contribution < -0.4 is 21.6 Å². The van der Waals surface area contributed by atoms with Gasteiger partial charge in [-0.2, -0.15) is 0 Å². The Balaban J connectivity index is 2.36. The minimum absolute atomic E-state index is 0.117. The van der Waals surface area contributed by atoms with Crippen LogP contribution in [0.2, 0.25) is 0 Å². The molecule has 0 saturated carbocycles. The Hall–Kier alpha value is -3.88. The highest BCUT2D eigenvalue weighted by Crippen LogP contribution is 2.23. The van der Waals surface area contributed by atoms with E-state index in [0.29, 0.717) is 12.1 Å². The Morgan fingerprint density at radius 3 is 2.41 bits per heavy atom. The van der Waals surface area contributed by atoms with Crippen LogP contribution in [0.4, 0.5) is 5.69 Å². The molecule has 2 rings (SSSR count). The number of guanidine groups is 1. The fraction of sp³-hybridized carbons (Fsp3) is 0.304. The molecule has 0 aliphatic rings. The minimum Gasteiger partial charge on any atom is -0.425 e. The number of amides is 2. The number of nitrogens with two attached hydrogens (primary N) is 2. The smallest absolute Gasteiger partial charge is 0.336 e. The van der Waals surface area contributed by atoms with Gasteiger partial charge in [-0.15, -0.1) is 0 Å². The molecule has 2 amide bonds. The average Bonchev–Trinajstić information content (AvgIpc) is 2.69. The van der Waals surface area contributed by atoms with E-state index in [-0.39, 0.29) is 30.0 Å². The van der Waals surface area contributed by atoms with Gasteiger partial charge < -0.3 is 16.2 Å². The molecule has 1 atom stereocenters. The zero-order valence-corrected chi connectivity index (χ0v) is 18.4. The van der Waals surface area contributed by atoms with Crippen molar-refractivity contribution < 1.29 is 19.1 Å². The van der Waals surface area contributed by atoms with Crippen LogP contribution in [0.5, 0.6) is 5.75 Å². The van der Waals surface area contributed by atoms with E-state index >= 15 is 0 Å². The predicted molar refractivity (Wildman–Crippen MR) is 122 cm³/mol. The number of benzene rings is 2. The third-order valence-corrected chi connectivity index (χ3v) is 4.29. The molecule has 0 spiro atoms. The first-order valence-electron chi connectivity index (χ1n) is 10.1. The number of hydrogen-bond donors (Lipinski definition) is 3. The van der Waals surface area contributed by atoms with Gasteiger partial charge in [-0.05, 0) is 23.1 Å². The summed E-state index contributed by atoms with van der Waals surface area (Å²) in [6.45, 7) is 5.68. The molecule has 0 radical (unpaired) electrons. The van der Waals surface area contributed by atoms with Gasteiger partial charge in [-0.25, -0.2) is 14.8 Å². The first-order chi connectivity index (χ1) is 15.1. The van der Waals surface area contributed by atoms with Gasteiger partial charge >= 0.3 is 5.97 Å². The first-order valence-corrected chi connectivity index (χ1v) is 10.1. The summed E-state index contributed by atoms with van der Waals surface area (Å²) in [7, 11) is 0. The van der Waals surface area contributed by atoms with Gasteiger partial charge in [0.05, 0.1) is 5.69 Å². The molecule has 0 fully saturated rings. The van der Waals surface area contributed by atoms with Crippen molar-refractivity contribution in [2.24, 2.45) is 21.9 Å². The summed E-state index contributed by atoms with van der Waals surface area (Å²) in [5.41, 5.74) is 14.0. The largest absolute Gasteiger partial charge is 0.425 e. The Morgan fingerprint density at radius 1 is 1.12 bits per heavy atom. The molecule has 32 heavy (non-hydrogen) atoms. The maximum atomic E-state index is 13.2. The molecular formula is C23H29N5O4. The molecule has 0 aromatic heterocycles. The second kappa shape index (κ2) is 10.9. The lowest BCUT2D eigenvalue weighted by Gasteiger charge is -2.31. The second-order valence-corrected chi connectivity index (χ2v) is 8.41. The van der Waals surface area contributed by atoms with Crippen LogP contribution in [-0.2, 0) is 20.8 Å². The van der Waals surface area contributed by atoms with E-state index in [2.05, 4.69) is 10.4 Å². The monoisotopic (exact) mass is 439 g/mol. The highest BCUT2D eigenvalue weighted by Gasteiger charge is 2.33. The SMILES string of the molecule is CC(C)(C)CC(=O)N(NC=O)[C@@H](Cc1ccccc1)C(=O)Oc1cccc(N=C(N)N)c1. The number of nitrogens with one attached hydrogen (secondary N) is 1. The zero-order chi connectivity index (χ0) is 23.7. The number of hydrazine groups is 1. The molecule has 2 aromatic rings. The summed E-state index contributed by atoms with van der Waals surface area (Å²) in [4.78, 5) is 41.3.